The van der Waals surface area contributed by atoms with Crippen molar-refractivity contribution in [1.82, 2.24) is 0 Å². The molecule has 92 valence electrons. The molecule has 0 heteroatoms. The van der Waals surface area contributed by atoms with Gasteiger partial charge in [-0.05, 0) is 47.9 Å². The summed E-state index contributed by atoms with van der Waals surface area (Å²) in [6.07, 6.45) is 2.31. The second-order valence-corrected chi connectivity index (χ2v) is 5.15. The van der Waals surface area contributed by atoms with Crippen LogP contribution < -0.4 is 0 Å². The molecule has 0 aliphatic heterocycles. The van der Waals surface area contributed by atoms with Crippen molar-refractivity contribution in [2.75, 3.05) is 0 Å². The highest BCUT2D eigenvalue weighted by Crippen LogP contribution is 2.24. The average Bonchev–Trinajstić information content (AvgIpc) is 2.40. The highest BCUT2D eigenvalue weighted by molar-refractivity contribution is 5.18. The van der Waals surface area contributed by atoms with Crippen molar-refractivity contribution in [1.29, 1.82) is 0 Å². The molecule has 0 nitrogen and oxygen atoms in total. The maximum Gasteiger partial charge on any atom is -0.0146 e. The lowest BCUT2D eigenvalue weighted by atomic mass is 9.88. The van der Waals surface area contributed by atoms with Crippen LogP contribution in [0, 0.1) is 18.1 Å². The summed E-state index contributed by atoms with van der Waals surface area (Å²) < 4.78 is 0. The molecule has 0 saturated carbocycles. The summed E-state index contributed by atoms with van der Waals surface area (Å²) in [6, 6.07) is 23.2. The number of hydrogen-bond acceptors (Lipinski definition) is 0. The lowest BCUT2D eigenvalue weighted by molar-refractivity contribution is 0.481. The summed E-state index contributed by atoms with van der Waals surface area (Å²) in [4.78, 5) is 0. The first-order chi connectivity index (χ1) is 8.75. The molecule has 2 unspecified atom stereocenters. The number of benzene rings is 2. The Hall–Kier alpha value is -1.56. The first kappa shape index (κ1) is 12.9. The minimum atomic E-state index is 0.574. The van der Waals surface area contributed by atoms with Crippen LogP contribution in [0.4, 0.5) is 0 Å². The zero-order valence-corrected chi connectivity index (χ0v) is 11.2. The minimum Gasteiger partial charge on any atom is -0.0622 e. The molecule has 2 atom stereocenters. The summed E-state index contributed by atoms with van der Waals surface area (Å²) in [6.45, 7) is 4.61. The largest absolute Gasteiger partial charge is 0.0622 e. The van der Waals surface area contributed by atoms with E-state index in [2.05, 4.69) is 50.2 Å². The van der Waals surface area contributed by atoms with Crippen LogP contribution in [-0.4, -0.2) is 0 Å². The second kappa shape index (κ2) is 6.39. The molecule has 0 aromatic heterocycles. The van der Waals surface area contributed by atoms with E-state index in [0.29, 0.717) is 11.8 Å². The van der Waals surface area contributed by atoms with E-state index in [4.69, 9.17) is 0 Å². The van der Waals surface area contributed by atoms with Gasteiger partial charge in [-0.15, -0.1) is 0 Å². The molecule has 18 heavy (non-hydrogen) atoms. The van der Waals surface area contributed by atoms with Crippen molar-refractivity contribution in [2.24, 2.45) is 5.92 Å². The van der Waals surface area contributed by atoms with E-state index < -0.39 is 0 Å². The predicted octanol–water partition coefficient (Wildman–Crippen LogP) is 4.66. The third-order valence-electron chi connectivity index (χ3n) is 3.36. The molecule has 2 aromatic carbocycles. The Balaban J connectivity index is 1.90. The lowest BCUT2D eigenvalue weighted by Crippen LogP contribution is -2.05. The second-order valence-electron chi connectivity index (χ2n) is 5.15. The van der Waals surface area contributed by atoms with Gasteiger partial charge in [-0.3, -0.25) is 0 Å². The van der Waals surface area contributed by atoms with E-state index in [0.717, 1.165) is 6.42 Å². The molecule has 0 fully saturated rings. The van der Waals surface area contributed by atoms with E-state index in [9.17, 15) is 0 Å². The standard InChI is InChI=1S/C18H20/c1-15(14-17-9-5-3-6-10-17)13-16(2)18-11-7-4-8-12-18/h3-9,11,15-16H,13-14H2,1-2H3. The summed E-state index contributed by atoms with van der Waals surface area (Å²) >= 11 is 0. The third kappa shape index (κ3) is 3.73. The molecule has 0 heterocycles. The molecule has 0 aliphatic carbocycles. The van der Waals surface area contributed by atoms with Crippen LogP contribution in [0.5, 0.6) is 0 Å². The Bertz CT molecular complexity index is 444. The first-order valence-electron chi connectivity index (χ1n) is 6.68. The molecule has 2 radical (unpaired) electrons. The van der Waals surface area contributed by atoms with Crippen LogP contribution in [0.15, 0.2) is 48.5 Å². The SMILES string of the molecule is CC(Cc1[c]cccc1)CC(C)c1[c]cccc1. The number of rotatable bonds is 5. The smallest absolute Gasteiger partial charge is 0.0146 e. The van der Waals surface area contributed by atoms with Crippen molar-refractivity contribution in [3.05, 3.63) is 71.8 Å². The van der Waals surface area contributed by atoms with Crippen molar-refractivity contribution >= 4 is 0 Å². The van der Waals surface area contributed by atoms with Crippen molar-refractivity contribution in [3.8, 4) is 0 Å². The molecule has 0 aliphatic rings. The topological polar surface area (TPSA) is 0 Å². The summed E-state index contributed by atoms with van der Waals surface area (Å²) in [7, 11) is 0. The quantitative estimate of drug-likeness (QED) is 0.708. The van der Waals surface area contributed by atoms with Gasteiger partial charge in [0, 0.05) is 0 Å². The Morgan fingerprint density at radius 1 is 0.944 bits per heavy atom. The van der Waals surface area contributed by atoms with Gasteiger partial charge < -0.3 is 0 Å². The van der Waals surface area contributed by atoms with Gasteiger partial charge in [-0.1, -0.05) is 62.4 Å². The van der Waals surface area contributed by atoms with Gasteiger partial charge in [0.05, 0.1) is 0 Å². The van der Waals surface area contributed by atoms with Gasteiger partial charge in [-0.2, -0.15) is 0 Å². The van der Waals surface area contributed by atoms with Crippen LogP contribution in [0.2, 0.25) is 0 Å². The minimum absolute atomic E-state index is 0.574. The molecule has 0 N–H and O–H groups in total. The van der Waals surface area contributed by atoms with E-state index >= 15 is 0 Å². The molecule has 2 rings (SSSR count). The third-order valence-corrected chi connectivity index (χ3v) is 3.36. The van der Waals surface area contributed by atoms with Crippen LogP contribution >= 0.6 is 0 Å². The maximum absolute atomic E-state index is 3.33. The number of hydrogen-bond donors (Lipinski definition) is 0. The molecular weight excluding hydrogens is 216 g/mol. The zero-order chi connectivity index (χ0) is 12.8. The van der Waals surface area contributed by atoms with Crippen LogP contribution in [0.1, 0.15) is 37.3 Å². The van der Waals surface area contributed by atoms with Gasteiger partial charge in [0.15, 0.2) is 0 Å². The Labute approximate surface area is 111 Å². The van der Waals surface area contributed by atoms with E-state index in [1.54, 1.807) is 0 Å². The Kier molecular flexibility index (Phi) is 4.58. The van der Waals surface area contributed by atoms with Crippen molar-refractivity contribution < 1.29 is 0 Å². The predicted molar refractivity (Wildman–Crippen MR) is 76.5 cm³/mol. The van der Waals surface area contributed by atoms with Crippen LogP contribution in [0.3, 0.4) is 0 Å². The highest BCUT2D eigenvalue weighted by Gasteiger charge is 2.11. The summed E-state index contributed by atoms with van der Waals surface area (Å²) in [5.41, 5.74) is 2.63. The normalized spacial score (nSPS) is 14.1. The molecule has 0 amide bonds. The Morgan fingerprint density at radius 2 is 1.67 bits per heavy atom. The van der Waals surface area contributed by atoms with Gasteiger partial charge in [0.2, 0.25) is 0 Å². The van der Waals surface area contributed by atoms with E-state index in [1.165, 1.54) is 17.5 Å². The van der Waals surface area contributed by atoms with Crippen molar-refractivity contribution in [3.63, 3.8) is 0 Å². The molecule has 2 aromatic rings. The van der Waals surface area contributed by atoms with Gasteiger partial charge in [-0.25, -0.2) is 0 Å². The zero-order valence-electron chi connectivity index (χ0n) is 11.2. The summed E-state index contributed by atoms with van der Waals surface area (Å²) in [5, 5.41) is 0. The lowest BCUT2D eigenvalue weighted by Gasteiger charge is -2.17. The molecule has 0 saturated heterocycles. The fourth-order valence-electron chi connectivity index (χ4n) is 2.46. The monoisotopic (exact) mass is 236 g/mol. The van der Waals surface area contributed by atoms with E-state index in [-0.39, 0.29) is 0 Å². The molecule has 0 bridgehead atoms. The fourth-order valence-corrected chi connectivity index (χ4v) is 2.46. The summed E-state index contributed by atoms with van der Waals surface area (Å²) in [5.74, 6) is 1.25. The molecule has 0 spiro atoms. The van der Waals surface area contributed by atoms with Gasteiger partial charge in [0.1, 0.15) is 0 Å². The van der Waals surface area contributed by atoms with Gasteiger partial charge >= 0.3 is 0 Å². The maximum atomic E-state index is 3.33. The molecular formula is C18H20. The van der Waals surface area contributed by atoms with Gasteiger partial charge in [0.25, 0.3) is 0 Å². The fraction of sp³-hybridized carbons (Fsp3) is 0.333. The van der Waals surface area contributed by atoms with Crippen LogP contribution in [-0.2, 0) is 6.42 Å². The average molecular weight is 236 g/mol. The van der Waals surface area contributed by atoms with Crippen LogP contribution in [0.25, 0.3) is 0 Å². The Morgan fingerprint density at radius 3 is 2.28 bits per heavy atom. The highest BCUT2D eigenvalue weighted by atomic mass is 14.2. The van der Waals surface area contributed by atoms with Crippen molar-refractivity contribution in [2.45, 2.75) is 32.6 Å². The first-order valence-corrected chi connectivity index (χ1v) is 6.68. The van der Waals surface area contributed by atoms with E-state index in [1.807, 2.05) is 24.3 Å².